The second kappa shape index (κ2) is 19.6. The average molecular weight is 481 g/mol. The van der Waals surface area contributed by atoms with E-state index in [1.54, 1.807) is 0 Å². The third-order valence-electron chi connectivity index (χ3n) is 6.11. The van der Waals surface area contributed by atoms with E-state index < -0.39 is 11.9 Å². The quantitative estimate of drug-likeness (QED) is 0.127. The summed E-state index contributed by atoms with van der Waals surface area (Å²) in [5.41, 5.74) is 2.73. The Labute approximate surface area is 206 Å². The number of aliphatic carboxylic acids is 2. The molecule has 6 nitrogen and oxygen atoms in total. The highest BCUT2D eigenvalue weighted by atomic mass is 16.5. The van der Waals surface area contributed by atoms with Crippen molar-refractivity contribution in [3.05, 3.63) is 23.3 Å². The van der Waals surface area contributed by atoms with Crippen molar-refractivity contribution < 1.29 is 29.3 Å². The molecule has 0 heterocycles. The molecule has 0 aliphatic heterocycles. The molecule has 0 bridgehead atoms. The second-order valence-electron chi connectivity index (χ2n) is 9.39. The van der Waals surface area contributed by atoms with Gasteiger partial charge in [-0.15, -0.1) is 0 Å². The van der Waals surface area contributed by atoms with Crippen LogP contribution in [0, 0.1) is 0 Å². The van der Waals surface area contributed by atoms with Crippen LogP contribution in [0.3, 0.4) is 0 Å². The number of rotatable bonds is 22. The molecule has 0 saturated heterocycles. The molecule has 196 valence electrons. The number of ether oxygens (including phenoxy) is 2. The van der Waals surface area contributed by atoms with E-state index >= 15 is 0 Å². The van der Waals surface area contributed by atoms with E-state index in [4.69, 9.17) is 19.7 Å². The Morgan fingerprint density at radius 1 is 0.647 bits per heavy atom. The predicted molar refractivity (Wildman–Crippen MR) is 136 cm³/mol. The van der Waals surface area contributed by atoms with Crippen molar-refractivity contribution in [1.29, 1.82) is 0 Å². The first-order chi connectivity index (χ1) is 16.5. The molecule has 2 aliphatic carbocycles. The van der Waals surface area contributed by atoms with Gasteiger partial charge in [0.15, 0.2) is 0 Å². The molecule has 34 heavy (non-hydrogen) atoms. The lowest BCUT2D eigenvalue weighted by molar-refractivity contribution is -0.139. The summed E-state index contributed by atoms with van der Waals surface area (Å²) < 4.78 is 10.8. The summed E-state index contributed by atoms with van der Waals surface area (Å²) in [5.74, 6) is -1.58. The molecule has 0 amide bonds. The zero-order valence-corrected chi connectivity index (χ0v) is 21.6. The lowest BCUT2D eigenvalue weighted by atomic mass is 10.1. The molecule has 0 aromatic carbocycles. The van der Waals surface area contributed by atoms with Gasteiger partial charge in [0, 0.05) is 0 Å². The van der Waals surface area contributed by atoms with Crippen LogP contribution in [0.2, 0.25) is 0 Å². The van der Waals surface area contributed by atoms with Crippen LogP contribution in [-0.4, -0.2) is 47.6 Å². The number of hydrogen-bond acceptors (Lipinski definition) is 4. The van der Waals surface area contributed by atoms with Crippen LogP contribution in [0.5, 0.6) is 0 Å². The standard InChI is InChI=1S/2C14H24O3/c2*1-2-3-4-5-6-7-8-12-11-13(12)17-10-9-14(15)16/h2*11,13H,2-10H2,1H3,(H,15,16). The van der Waals surface area contributed by atoms with Gasteiger partial charge in [-0.05, 0) is 49.0 Å². The van der Waals surface area contributed by atoms with Gasteiger partial charge in [-0.1, -0.05) is 78.1 Å². The Hall–Kier alpha value is -1.66. The molecule has 0 radical (unpaired) electrons. The largest absolute Gasteiger partial charge is 0.481 e. The Bertz CT molecular complexity index is 570. The van der Waals surface area contributed by atoms with E-state index in [2.05, 4.69) is 26.0 Å². The first-order valence-electron chi connectivity index (χ1n) is 13.6. The Balaban J connectivity index is 0.000000340. The van der Waals surface area contributed by atoms with E-state index in [1.165, 1.54) is 88.2 Å². The molecule has 2 atom stereocenters. The topological polar surface area (TPSA) is 93.1 Å². The summed E-state index contributed by atoms with van der Waals surface area (Å²) in [6.45, 7) is 5.12. The van der Waals surface area contributed by atoms with Crippen molar-refractivity contribution in [3.63, 3.8) is 0 Å². The van der Waals surface area contributed by atoms with Gasteiger partial charge in [-0.3, -0.25) is 9.59 Å². The van der Waals surface area contributed by atoms with Gasteiger partial charge in [0.05, 0.1) is 38.3 Å². The van der Waals surface area contributed by atoms with E-state index in [1.807, 2.05) is 0 Å². The SMILES string of the molecule is CCCCCCCCC1=CC1OCCC(=O)O.CCCCCCCCC1=CC1OCCC(=O)O. The summed E-state index contributed by atoms with van der Waals surface area (Å²) in [5, 5.41) is 16.9. The first kappa shape index (κ1) is 30.4. The molecule has 0 fully saturated rings. The zero-order valence-electron chi connectivity index (χ0n) is 21.6. The van der Waals surface area contributed by atoms with E-state index in [0.29, 0.717) is 13.2 Å². The highest BCUT2D eigenvalue weighted by Gasteiger charge is 2.25. The van der Waals surface area contributed by atoms with Gasteiger partial charge in [0.1, 0.15) is 0 Å². The molecule has 0 saturated carbocycles. The summed E-state index contributed by atoms with van der Waals surface area (Å²) >= 11 is 0. The lowest BCUT2D eigenvalue weighted by Gasteiger charge is -2.02. The number of carbonyl (C=O) groups is 2. The lowest BCUT2D eigenvalue weighted by Crippen LogP contribution is -2.05. The van der Waals surface area contributed by atoms with Crippen LogP contribution in [0.4, 0.5) is 0 Å². The van der Waals surface area contributed by atoms with Crippen molar-refractivity contribution in [2.45, 2.75) is 129 Å². The smallest absolute Gasteiger partial charge is 0.305 e. The maximum absolute atomic E-state index is 10.3. The Morgan fingerprint density at radius 2 is 1.00 bits per heavy atom. The van der Waals surface area contributed by atoms with Crippen molar-refractivity contribution in [2.24, 2.45) is 0 Å². The number of unbranched alkanes of at least 4 members (excludes halogenated alkanes) is 10. The fraction of sp³-hybridized carbons (Fsp3) is 0.786. The molecule has 0 spiro atoms. The van der Waals surface area contributed by atoms with Gasteiger partial charge in [0.2, 0.25) is 0 Å². The van der Waals surface area contributed by atoms with E-state index in [0.717, 1.165) is 12.8 Å². The van der Waals surface area contributed by atoms with E-state index in [9.17, 15) is 9.59 Å². The number of hydrogen-bond donors (Lipinski definition) is 2. The van der Waals surface area contributed by atoms with Gasteiger partial charge in [-0.25, -0.2) is 0 Å². The third kappa shape index (κ3) is 17.8. The van der Waals surface area contributed by atoms with Gasteiger partial charge >= 0.3 is 11.9 Å². The molecule has 0 aromatic heterocycles. The Kier molecular flexibility index (Phi) is 17.5. The van der Waals surface area contributed by atoms with Crippen molar-refractivity contribution in [2.75, 3.05) is 13.2 Å². The molecular formula is C28H48O6. The maximum Gasteiger partial charge on any atom is 0.305 e. The molecule has 2 rings (SSSR count). The van der Waals surface area contributed by atoms with Crippen LogP contribution in [-0.2, 0) is 19.1 Å². The van der Waals surface area contributed by atoms with Gasteiger partial charge < -0.3 is 19.7 Å². The van der Waals surface area contributed by atoms with Crippen LogP contribution in [0.25, 0.3) is 0 Å². The minimum Gasteiger partial charge on any atom is -0.481 e. The average Bonchev–Trinajstić information content (AvgIpc) is 3.71. The van der Waals surface area contributed by atoms with Gasteiger partial charge in [0.25, 0.3) is 0 Å². The minimum atomic E-state index is -0.789. The summed E-state index contributed by atoms with van der Waals surface area (Å²) in [6.07, 6.45) is 22.8. The Morgan fingerprint density at radius 3 is 1.35 bits per heavy atom. The molecule has 6 heteroatoms. The van der Waals surface area contributed by atoms with Crippen LogP contribution in [0.1, 0.15) is 117 Å². The third-order valence-corrected chi connectivity index (χ3v) is 6.11. The highest BCUT2D eigenvalue weighted by molar-refractivity contribution is 5.67. The second-order valence-corrected chi connectivity index (χ2v) is 9.39. The number of carboxylic acid groups (broad SMARTS) is 2. The molecular weight excluding hydrogens is 432 g/mol. The summed E-state index contributed by atoms with van der Waals surface area (Å²) in [4.78, 5) is 20.6. The molecule has 2 N–H and O–H groups in total. The predicted octanol–water partition coefficient (Wildman–Crippen LogP) is 7.07. The first-order valence-corrected chi connectivity index (χ1v) is 13.6. The van der Waals surface area contributed by atoms with Crippen molar-refractivity contribution >= 4 is 11.9 Å². The fourth-order valence-electron chi connectivity index (χ4n) is 3.82. The van der Waals surface area contributed by atoms with E-state index in [-0.39, 0.29) is 25.0 Å². The molecule has 2 unspecified atom stereocenters. The van der Waals surface area contributed by atoms with Crippen molar-refractivity contribution in [1.82, 2.24) is 0 Å². The van der Waals surface area contributed by atoms with Crippen LogP contribution in [0.15, 0.2) is 23.3 Å². The van der Waals surface area contributed by atoms with Crippen LogP contribution < -0.4 is 0 Å². The molecule has 0 aromatic rings. The summed E-state index contributed by atoms with van der Waals surface area (Å²) in [6, 6.07) is 0. The van der Waals surface area contributed by atoms with Gasteiger partial charge in [-0.2, -0.15) is 0 Å². The highest BCUT2D eigenvalue weighted by Crippen LogP contribution is 2.30. The summed E-state index contributed by atoms with van der Waals surface area (Å²) in [7, 11) is 0. The zero-order chi connectivity index (χ0) is 25.0. The number of carboxylic acids is 2. The minimum absolute atomic E-state index is 0.106. The molecule has 2 aliphatic rings. The maximum atomic E-state index is 10.3. The monoisotopic (exact) mass is 480 g/mol. The van der Waals surface area contributed by atoms with Crippen LogP contribution >= 0.6 is 0 Å². The van der Waals surface area contributed by atoms with Crippen molar-refractivity contribution in [3.8, 4) is 0 Å². The fourth-order valence-corrected chi connectivity index (χ4v) is 3.82. The normalized spacial score (nSPS) is 17.9.